The molecule has 0 atom stereocenters. The van der Waals surface area contributed by atoms with E-state index in [2.05, 4.69) is 25.9 Å². The number of aromatic amines is 1. The number of allylic oxidation sites excluding steroid dienone is 1. The molecule has 4 rings (SSSR count). The van der Waals surface area contributed by atoms with Gasteiger partial charge in [0.25, 0.3) is 5.56 Å². The highest BCUT2D eigenvalue weighted by molar-refractivity contribution is 9.10. The predicted molar refractivity (Wildman–Crippen MR) is 104 cm³/mol. The molecule has 1 aliphatic heterocycles. The molecule has 1 aromatic heterocycles. The highest BCUT2D eigenvalue weighted by Crippen LogP contribution is 2.35. The SMILES string of the molecule is O=c1[nH]c(=O)n(-c2ccccc2F)c(O)c1/C=C1\C=Nc2ccc(Br)cc21. The fraction of sp³-hybridized carbons (Fsp3) is 0. The molecule has 8 heteroatoms. The van der Waals surface area contributed by atoms with Gasteiger partial charge in [-0.05, 0) is 36.4 Å². The van der Waals surface area contributed by atoms with Crippen LogP contribution in [0.25, 0.3) is 17.3 Å². The first-order chi connectivity index (χ1) is 13.0. The molecule has 0 bridgehead atoms. The first-order valence-corrected chi connectivity index (χ1v) is 8.64. The summed E-state index contributed by atoms with van der Waals surface area (Å²) in [6, 6.07) is 10.9. The maximum absolute atomic E-state index is 14.1. The summed E-state index contributed by atoms with van der Waals surface area (Å²) >= 11 is 3.38. The third-order valence-corrected chi connectivity index (χ3v) is 4.62. The second-order valence-electron chi connectivity index (χ2n) is 5.80. The van der Waals surface area contributed by atoms with Gasteiger partial charge in [-0.25, -0.2) is 13.8 Å². The molecule has 0 aliphatic carbocycles. The van der Waals surface area contributed by atoms with Crippen LogP contribution < -0.4 is 11.2 Å². The van der Waals surface area contributed by atoms with Gasteiger partial charge in [0.05, 0.1) is 11.4 Å². The van der Waals surface area contributed by atoms with Crippen molar-refractivity contribution in [3.8, 4) is 11.6 Å². The van der Waals surface area contributed by atoms with Crippen molar-refractivity contribution in [3.63, 3.8) is 0 Å². The predicted octanol–water partition coefficient (Wildman–Crippen LogP) is 3.39. The van der Waals surface area contributed by atoms with E-state index in [4.69, 9.17) is 0 Å². The van der Waals surface area contributed by atoms with Gasteiger partial charge in [-0.15, -0.1) is 0 Å². The Bertz CT molecular complexity index is 1260. The van der Waals surface area contributed by atoms with Crippen molar-refractivity contribution in [3.05, 3.63) is 84.7 Å². The number of aromatic hydroxyl groups is 1. The van der Waals surface area contributed by atoms with E-state index in [9.17, 15) is 19.1 Å². The molecule has 0 fully saturated rings. The van der Waals surface area contributed by atoms with Crippen molar-refractivity contribution in [1.82, 2.24) is 9.55 Å². The van der Waals surface area contributed by atoms with Crippen molar-refractivity contribution in [1.29, 1.82) is 0 Å². The van der Waals surface area contributed by atoms with Crippen LogP contribution in [0, 0.1) is 5.82 Å². The van der Waals surface area contributed by atoms with Gasteiger partial charge in [-0.2, -0.15) is 0 Å². The van der Waals surface area contributed by atoms with Crippen molar-refractivity contribution in [2.75, 3.05) is 0 Å². The molecule has 2 heterocycles. The number of halogens is 2. The third kappa shape index (κ3) is 2.93. The number of aliphatic imine (C=N–C) groups is 1. The van der Waals surface area contributed by atoms with Gasteiger partial charge >= 0.3 is 5.69 Å². The van der Waals surface area contributed by atoms with E-state index in [0.717, 1.165) is 20.7 Å². The molecule has 1 aliphatic rings. The largest absolute Gasteiger partial charge is 0.494 e. The summed E-state index contributed by atoms with van der Waals surface area (Å²) in [7, 11) is 0. The molecule has 2 aromatic carbocycles. The number of hydrogen-bond acceptors (Lipinski definition) is 4. The summed E-state index contributed by atoms with van der Waals surface area (Å²) in [4.78, 5) is 30.8. The number of para-hydroxylation sites is 1. The van der Waals surface area contributed by atoms with Crippen molar-refractivity contribution >= 4 is 39.5 Å². The average molecular weight is 428 g/mol. The zero-order valence-electron chi connectivity index (χ0n) is 13.6. The Balaban J connectivity index is 1.95. The zero-order valence-corrected chi connectivity index (χ0v) is 15.2. The Labute approximate surface area is 160 Å². The van der Waals surface area contributed by atoms with Gasteiger partial charge in [0, 0.05) is 21.8 Å². The quantitative estimate of drug-likeness (QED) is 0.656. The van der Waals surface area contributed by atoms with Crippen molar-refractivity contribution in [2.24, 2.45) is 4.99 Å². The Morgan fingerprint density at radius 2 is 1.96 bits per heavy atom. The van der Waals surface area contributed by atoms with E-state index in [1.165, 1.54) is 24.3 Å². The van der Waals surface area contributed by atoms with Crippen LogP contribution in [0.2, 0.25) is 0 Å². The monoisotopic (exact) mass is 427 g/mol. The number of aromatic nitrogens is 2. The van der Waals surface area contributed by atoms with Crippen LogP contribution in [-0.4, -0.2) is 20.9 Å². The molecule has 27 heavy (non-hydrogen) atoms. The minimum absolute atomic E-state index is 0.167. The Kier molecular flexibility index (Phi) is 4.12. The lowest BCUT2D eigenvalue weighted by atomic mass is 10.1. The standard InChI is InChI=1S/C19H11BrFN3O3/c20-11-5-6-15-12(8-11)10(9-22-15)7-13-17(25)23-19(27)24(18(13)26)16-4-2-1-3-14(16)21/h1-9,26H,(H,23,25,27)/b10-7+. The summed E-state index contributed by atoms with van der Waals surface area (Å²) in [5.41, 5.74) is -0.0193. The van der Waals surface area contributed by atoms with Crippen LogP contribution in [0.15, 0.2) is 61.5 Å². The van der Waals surface area contributed by atoms with Gasteiger partial charge in [0.15, 0.2) is 0 Å². The molecule has 0 spiro atoms. The van der Waals surface area contributed by atoms with Gasteiger partial charge in [0.2, 0.25) is 5.88 Å². The molecule has 6 nitrogen and oxygen atoms in total. The number of benzene rings is 2. The molecule has 0 amide bonds. The smallest absolute Gasteiger partial charge is 0.335 e. The minimum atomic E-state index is -0.937. The maximum Gasteiger partial charge on any atom is 0.335 e. The van der Waals surface area contributed by atoms with Crippen LogP contribution in [0.5, 0.6) is 5.88 Å². The fourth-order valence-corrected chi connectivity index (χ4v) is 3.22. The summed E-state index contributed by atoms with van der Waals surface area (Å²) in [5.74, 6) is -1.37. The highest BCUT2D eigenvalue weighted by atomic mass is 79.9. The molecular weight excluding hydrogens is 417 g/mol. The minimum Gasteiger partial charge on any atom is -0.494 e. The topological polar surface area (TPSA) is 87.5 Å². The molecule has 3 aromatic rings. The summed E-state index contributed by atoms with van der Waals surface area (Å²) in [6.45, 7) is 0. The van der Waals surface area contributed by atoms with Gasteiger partial charge in [-0.3, -0.25) is 14.8 Å². The first kappa shape index (κ1) is 17.2. The van der Waals surface area contributed by atoms with E-state index in [0.29, 0.717) is 11.3 Å². The summed E-state index contributed by atoms with van der Waals surface area (Å²) in [6.07, 6.45) is 2.96. The number of H-pyrrole nitrogens is 1. The van der Waals surface area contributed by atoms with E-state index in [-0.39, 0.29) is 11.3 Å². The Morgan fingerprint density at radius 3 is 2.74 bits per heavy atom. The van der Waals surface area contributed by atoms with Gasteiger partial charge in [0.1, 0.15) is 11.4 Å². The summed E-state index contributed by atoms with van der Waals surface area (Å²) in [5, 5.41) is 10.6. The van der Waals surface area contributed by atoms with Crippen LogP contribution in [-0.2, 0) is 0 Å². The molecular formula is C19H11BrFN3O3. The zero-order chi connectivity index (χ0) is 19.1. The molecule has 0 unspecified atom stereocenters. The molecule has 134 valence electrons. The number of hydrogen-bond donors (Lipinski definition) is 2. The lowest BCUT2D eigenvalue weighted by molar-refractivity contribution is 0.426. The Hall–Kier alpha value is -3.26. The van der Waals surface area contributed by atoms with Crippen LogP contribution in [0.3, 0.4) is 0 Å². The lowest BCUT2D eigenvalue weighted by Crippen LogP contribution is -2.30. The second-order valence-corrected chi connectivity index (χ2v) is 6.72. The number of fused-ring (bicyclic) bond motifs is 1. The number of rotatable bonds is 2. The van der Waals surface area contributed by atoms with Gasteiger partial charge in [-0.1, -0.05) is 28.1 Å². The van der Waals surface area contributed by atoms with E-state index in [1.807, 2.05) is 12.1 Å². The molecule has 2 N–H and O–H groups in total. The van der Waals surface area contributed by atoms with Crippen molar-refractivity contribution < 1.29 is 9.50 Å². The van der Waals surface area contributed by atoms with Crippen LogP contribution >= 0.6 is 15.9 Å². The van der Waals surface area contributed by atoms with Crippen molar-refractivity contribution in [2.45, 2.75) is 0 Å². The number of nitrogens with one attached hydrogen (secondary N) is 1. The Morgan fingerprint density at radius 1 is 1.19 bits per heavy atom. The van der Waals surface area contributed by atoms with E-state index in [1.54, 1.807) is 12.3 Å². The summed E-state index contributed by atoms with van der Waals surface area (Å²) < 4.78 is 15.7. The van der Waals surface area contributed by atoms with E-state index >= 15 is 0 Å². The number of nitrogens with zero attached hydrogens (tertiary/aromatic N) is 2. The molecule has 0 radical (unpaired) electrons. The van der Waals surface area contributed by atoms with Crippen LogP contribution in [0.4, 0.5) is 10.1 Å². The maximum atomic E-state index is 14.1. The van der Waals surface area contributed by atoms with Crippen LogP contribution in [0.1, 0.15) is 11.1 Å². The molecule has 0 saturated heterocycles. The van der Waals surface area contributed by atoms with E-state index < -0.39 is 22.9 Å². The van der Waals surface area contributed by atoms with Gasteiger partial charge < -0.3 is 5.11 Å². The normalized spacial score (nSPS) is 13.9. The first-order valence-electron chi connectivity index (χ1n) is 7.84. The third-order valence-electron chi connectivity index (χ3n) is 4.13. The highest BCUT2D eigenvalue weighted by Gasteiger charge is 2.19. The second kappa shape index (κ2) is 6.48. The molecule has 0 saturated carbocycles. The fourth-order valence-electron chi connectivity index (χ4n) is 2.86. The lowest BCUT2D eigenvalue weighted by Gasteiger charge is -2.11. The average Bonchev–Trinajstić information content (AvgIpc) is 3.02.